The topological polar surface area (TPSA) is 73.2 Å². The number of carbonyl (C=O) groups excluding carboxylic acids is 2. The number of nitrogens with zero attached hydrogens (tertiary/aromatic N) is 2. The Balaban J connectivity index is 1.72. The molecule has 3 rings (SSSR count). The molecule has 1 N–H and O–H groups in total. The molecule has 0 atom stereocenters. The number of rotatable bonds is 5. The number of aromatic nitrogens is 2. The van der Waals surface area contributed by atoms with E-state index >= 15 is 0 Å². The van der Waals surface area contributed by atoms with Crippen molar-refractivity contribution in [2.45, 2.75) is 6.54 Å². The van der Waals surface area contributed by atoms with Gasteiger partial charge < -0.3 is 10.1 Å². The van der Waals surface area contributed by atoms with Crippen LogP contribution in [0.1, 0.15) is 26.3 Å². The van der Waals surface area contributed by atoms with Crippen molar-refractivity contribution in [2.24, 2.45) is 0 Å². The lowest BCUT2D eigenvalue weighted by atomic mass is 10.1. The summed E-state index contributed by atoms with van der Waals surface area (Å²) >= 11 is 3.44. The molecule has 3 aromatic rings. The Morgan fingerprint density at radius 1 is 1.12 bits per heavy atom. The molecular weight excluding hydrogens is 398 g/mol. The number of benzene rings is 2. The lowest BCUT2D eigenvalue weighted by Crippen LogP contribution is -2.16. The highest BCUT2D eigenvalue weighted by Gasteiger charge is 2.12. The van der Waals surface area contributed by atoms with Crippen molar-refractivity contribution in [3.05, 3.63) is 82.0 Å². The van der Waals surface area contributed by atoms with Crippen LogP contribution in [0.25, 0.3) is 0 Å². The van der Waals surface area contributed by atoms with Crippen LogP contribution in [-0.2, 0) is 11.3 Å². The van der Waals surface area contributed by atoms with Gasteiger partial charge in [0.2, 0.25) is 0 Å². The lowest BCUT2D eigenvalue weighted by molar-refractivity contribution is 0.0600. The minimum absolute atomic E-state index is 0.280. The van der Waals surface area contributed by atoms with Crippen molar-refractivity contribution in [2.75, 3.05) is 12.4 Å². The third-order valence-corrected chi connectivity index (χ3v) is 4.24. The van der Waals surface area contributed by atoms with Gasteiger partial charge in [-0.3, -0.25) is 4.79 Å². The van der Waals surface area contributed by atoms with E-state index in [9.17, 15) is 9.59 Å². The second kappa shape index (κ2) is 7.97. The molecule has 0 aliphatic carbocycles. The Labute approximate surface area is 158 Å². The number of methoxy groups -OCH3 is 1. The second-order valence-electron chi connectivity index (χ2n) is 5.53. The van der Waals surface area contributed by atoms with Crippen LogP contribution in [0.4, 0.5) is 5.82 Å². The molecule has 1 heterocycles. The molecule has 0 unspecified atom stereocenters. The number of anilines is 1. The van der Waals surface area contributed by atoms with Crippen molar-refractivity contribution in [1.82, 2.24) is 9.78 Å². The number of esters is 1. The molecule has 6 nitrogen and oxygen atoms in total. The van der Waals surface area contributed by atoms with Crippen LogP contribution in [0, 0.1) is 0 Å². The largest absolute Gasteiger partial charge is 0.465 e. The molecule has 26 heavy (non-hydrogen) atoms. The average molecular weight is 414 g/mol. The van der Waals surface area contributed by atoms with Gasteiger partial charge in [0.1, 0.15) is 5.82 Å². The van der Waals surface area contributed by atoms with Gasteiger partial charge >= 0.3 is 5.97 Å². The first-order chi connectivity index (χ1) is 12.6. The molecule has 0 radical (unpaired) electrons. The van der Waals surface area contributed by atoms with Gasteiger partial charge in [0, 0.05) is 16.1 Å². The molecule has 132 valence electrons. The summed E-state index contributed by atoms with van der Waals surface area (Å²) in [5.74, 6) is -0.131. The van der Waals surface area contributed by atoms with Crippen molar-refractivity contribution < 1.29 is 14.3 Å². The van der Waals surface area contributed by atoms with Gasteiger partial charge in [0.05, 0.1) is 25.4 Å². The smallest absolute Gasteiger partial charge is 0.337 e. The molecule has 0 spiro atoms. The Kier molecular flexibility index (Phi) is 5.48. The Hall–Kier alpha value is -2.93. The van der Waals surface area contributed by atoms with Gasteiger partial charge in [0.15, 0.2) is 0 Å². The molecule has 0 bridgehead atoms. The third kappa shape index (κ3) is 4.18. The van der Waals surface area contributed by atoms with Crippen molar-refractivity contribution in [1.29, 1.82) is 0 Å². The lowest BCUT2D eigenvalue weighted by Gasteiger charge is -2.10. The first-order valence-corrected chi connectivity index (χ1v) is 8.62. The fourth-order valence-electron chi connectivity index (χ4n) is 2.44. The van der Waals surface area contributed by atoms with Gasteiger partial charge in [-0.15, -0.1) is 0 Å². The highest BCUT2D eigenvalue weighted by atomic mass is 79.9. The molecular formula is C19H16BrN3O3. The molecule has 0 fully saturated rings. The Morgan fingerprint density at radius 2 is 1.85 bits per heavy atom. The highest BCUT2D eigenvalue weighted by Crippen LogP contribution is 2.16. The summed E-state index contributed by atoms with van der Waals surface area (Å²) in [4.78, 5) is 23.9. The predicted octanol–water partition coefficient (Wildman–Crippen LogP) is 3.73. The molecule has 0 aliphatic heterocycles. The van der Waals surface area contributed by atoms with Crippen LogP contribution in [0.3, 0.4) is 0 Å². The highest BCUT2D eigenvalue weighted by molar-refractivity contribution is 9.10. The average Bonchev–Trinajstić information content (AvgIpc) is 3.07. The van der Waals surface area contributed by atoms with Gasteiger partial charge in [0.25, 0.3) is 5.91 Å². The van der Waals surface area contributed by atoms with Crippen LogP contribution in [0.15, 0.2) is 65.3 Å². The predicted molar refractivity (Wildman–Crippen MR) is 101 cm³/mol. The van der Waals surface area contributed by atoms with Crippen LogP contribution >= 0.6 is 15.9 Å². The summed E-state index contributed by atoms with van der Waals surface area (Å²) in [6.45, 7) is 0.531. The van der Waals surface area contributed by atoms with E-state index in [2.05, 4.69) is 31.1 Å². The van der Waals surface area contributed by atoms with E-state index in [0.29, 0.717) is 23.5 Å². The number of carbonyl (C=O) groups is 2. The van der Waals surface area contributed by atoms with E-state index in [0.717, 1.165) is 10.0 Å². The summed E-state index contributed by atoms with van der Waals surface area (Å²) in [5.41, 5.74) is 1.89. The number of hydrogen-bond acceptors (Lipinski definition) is 4. The summed E-state index contributed by atoms with van der Waals surface area (Å²) < 4.78 is 7.34. The first kappa shape index (κ1) is 17.9. The van der Waals surface area contributed by atoms with Gasteiger partial charge in [-0.05, 0) is 42.0 Å². The van der Waals surface area contributed by atoms with E-state index in [4.69, 9.17) is 0 Å². The van der Waals surface area contributed by atoms with E-state index in [1.165, 1.54) is 7.11 Å². The standard InChI is InChI=1S/C19H16BrN3O3/c1-26-19(25)15-7-5-14(6-8-15)18(24)22-17-9-10-21-23(17)12-13-3-2-4-16(20)11-13/h2-11H,12H2,1H3,(H,22,24). The minimum Gasteiger partial charge on any atom is -0.465 e. The summed E-state index contributed by atoms with van der Waals surface area (Å²) in [6, 6.07) is 15.9. The Bertz CT molecular complexity index is 935. The summed E-state index contributed by atoms with van der Waals surface area (Å²) in [7, 11) is 1.31. The van der Waals surface area contributed by atoms with E-state index in [-0.39, 0.29) is 5.91 Å². The minimum atomic E-state index is -0.441. The number of ether oxygens (including phenoxy) is 1. The monoisotopic (exact) mass is 413 g/mol. The third-order valence-electron chi connectivity index (χ3n) is 3.75. The molecule has 0 aliphatic rings. The molecule has 1 aromatic heterocycles. The molecule has 7 heteroatoms. The number of halogens is 1. The van der Waals surface area contributed by atoms with Crippen LogP contribution in [0.5, 0.6) is 0 Å². The zero-order chi connectivity index (χ0) is 18.5. The van der Waals surface area contributed by atoms with Gasteiger partial charge in [-0.1, -0.05) is 28.1 Å². The molecule has 0 saturated heterocycles. The zero-order valence-electron chi connectivity index (χ0n) is 14.0. The summed E-state index contributed by atoms with van der Waals surface area (Å²) in [6.07, 6.45) is 1.63. The zero-order valence-corrected chi connectivity index (χ0v) is 15.6. The van der Waals surface area contributed by atoms with Crippen LogP contribution in [-0.4, -0.2) is 28.8 Å². The Morgan fingerprint density at radius 3 is 2.54 bits per heavy atom. The maximum absolute atomic E-state index is 12.4. The van der Waals surface area contributed by atoms with Gasteiger partial charge in [-0.2, -0.15) is 5.10 Å². The van der Waals surface area contributed by atoms with Crippen molar-refractivity contribution in [3.63, 3.8) is 0 Å². The van der Waals surface area contributed by atoms with Crippen molar-refractivity contribution >= 4 is 33.6 Å². The van der Waals surface area contributed by atoms with E-state index in [1.54, 1.807) is 41.2 Å². The second-order valence-corrected chi connectivity index (χ2v) is 6.44. The molecule has 0 saturated carbocycles. The fourth-order valence-corrected chi connectivity index (χ4v) is 2.88. The van der Waals surface area contributed by atoms with Crippen LogP contribution in [0.2, 0.25) is 0 Å². The first-order valence-electron chi connectivity index (χ1n) is 7.83. The number of nitrogens with one attached hydrogen (secondary N) is 1. The maximum atomic E-state index is 12.4. The normalized spacial score (nSPS) is 10.4. The number of hydrogen-bond donors (Lipinski definition) is 1. The maximum Gasteiger partial charge on any atom is 0.337 e. The SMILES string of the molecule is COC(=O)c1ccc(C(=O)Nc2ccnn2Cc2cccc(Br)c2)cc1. The van der Waals surface area contributed by atoms with E-state index < -0.39 is 5.97 Å². The molecule has 2 aromatic carbocycles. The van der Waals surface area contributed by atoms with Crippen molar-refractivity contribution in [3.8, 4) is 0 Å². The van der Waals surface area contributed by atoms with E-state index in [1.807, 2.05) is 24.3 Å². The van der Waals surface area contributed by atoms with Gasteiger partial charge in [-0.25, -0.2) is 9.48 Å². The number of amides is 1. The summed E-state index contributed by atoms with van der Waals surface area (Å²) in [5, 5.41) is 7.10. The fraction of sp³-hybridized carbons (Fsp3) is 0.105. The molecule has 1 amide bonds. The van der Waals surface area contributed by atoms with Crippen LogP contribution < -0.4 is 5.32 Å². The quantitative estimate of drug-likeness (QED) is 0.646.